The highest BCUT2D eigenvalue weighted by atomic mass is 32.2. The molecule has 6 heteroatoms. The zero-order valence-electron chi connectivity index (χ0n) is 12.3. The van der Waals surface area contributed by atoms with Crippen molar-refractivity contribution in [1.82, 2.24) is 14.5 Å². The van der Waals surface area contributed by atoms with Crippen LogP contribution in [-0.4, -0.2) is 38.7 Å². The molecule has 1 saturated heterocycles. The number of likely N-dealkylation sites (tertiary alicyclic amines) is 1. The van der Waals surface area contributed by atoms with Gasteiger partial charge in [-0.05, 0) is 25.7 Å². The zero-order valence-corrected chi connectivity index (χ0v) is 13.1. The van der Waals surface area contributed by atoms with Crippen LogP contribution >= 0.6 is 11.8 Å². The quantitative estimate of drug-likeness (QED) is 0.802. The van der Waals surface area contributed by atoms with Gasteiger partial charge in [0.15, 0.2) is 5.16 Å². The van der Waals surface area contributed by atoms with Gasteiger partial charge in [0.05, 0.1) is 6.04 Å². The van der Waals surface area contributed by atoms with Crippen molar-refractivity contribution in [3.8, 4) is 0 Å². The summed E-state index contributed by atoms with van der Waals surface area (Å²) in [5.74, 6) is 0.957. The Morgan fingerprint density at radius 2 is 2.29 bits per heavy atom. The van der Waals surface area contributed by atoms with Crippen molar-refractivity contribution in [3.05, 3.63) is 22.6 Å². The lowest BCUT2D eigenvalue weighted by atomic mass is 9.99. The molecule has 0 radical (unpaired) electrons. The van der Waals surface area contributed by atoms with Crippen LogP contribution in [0.3, 0.4) is 0 Å². The molecule has 2 unspecified atom stereocenters. The minimum Gasteiger partial charge on any atom is -0.340 e. The van der Waals surface area contributed by atoms with Gasteiger partial charge in [-0.3, -0.25) is 14.2 Å². The Labute approximate surface area is 128 Å². The number of rotatable bonds is 3. The fraction of sp³-hybridized carbons (Fsp3) is 0.667. The van der Waals surface area contributed by atoms with E-state index in [9.17, 15) is 9.59 Å². The molecule has 3 rings (SSSR count). The molecule has 1 fully saturated rings. The van der Waals surface area contributed by atoms with Gasteiger partial charge in [0.1, 0.15) is 0 Å². The third-order valence-corrected chi connectivity index (χ3v) is 5.56. The largest absolute Gasteiger partial charge is 0.340 e. The topological polar surface area (TPSA) is 55.2 Å². The Morgan fingerprint density at radius 1 is 1.43 bits per heavy atom. The van der Waals surface area contributed by atoms with Gasteiger partial charge in [-0.15, -0.1) is 0 Å². The molecule has 1 aromatic heterocycles. The lowest BCUT2D eigenvalue weighted by molar-refractivity contribution is -0.135. The van der Waals surface area contributed by atoms with E-state index in [1.807, 2.05) is 4.90 Å². The number of nitrogens with zero attached hydrogens (tertiary/aromatic N) is 3. The van der Waals surface area contributed by atoms with Gasteiger partial charge >= 0.3 is 0 Å². The summed E-state index contributed by atoms with van der Waals surface area (Å²) in [6, 6.07) is 1.81. The molecule has 0 N–H and O–H groups in total. The third-order valence-electron chi connectivity index (χ3n) is 4.44. The number of fused-ring (bicyclic) bond motifs is 1. The molecule has 21 heavy (non-hydrogen) atoms. The van der Waals surface area contributed by atoms with E-state index in [0.717, 1.165) is 36.7 Å². The van der Waals surface area contributed by atoms with Crippen molar-refractivity contribution in [3.63, 3.8) is 0 Å². The third kappa shape index (κ3) is 2.86. The summed E-state index contributed by atoms with van der Waals surface area (Å²) in [4.78, 5) is 30.9. The lowest BCUT2D eigenvalue weighted by Gasteiger charge is -2.36. The molecule has 0 saturated carbocycles. The normalized spacial score (nSPS) is 24.9. The van der Waals surface area contributed by atoms with E-state index in [4.69, 9.17) is 0 Å². The van der Waals surface area contributed by atoms with Gasteiger partial charge in [0.2, 0.25) is 5.91 Å². The molecule has 0 spiro atoms. The summed E-state index contributed by atoms with van der Waals surface area (Å²) in [6.45, 7) is 3.01. The van der Waals surface area contributed by atoms with Crippen molar-refractivity contribution in [2.24, 2.45) is 0 Å². The van der Waals surface area contributed by atoms with Gasteiger partial charge < -0.3 is 4.90 Å². The maximum atomic E-state index is 12.6. The van der Waals surface area contributed by atoms with E-state index in [1.54, 1.807) is 22.5 Å². The number of hydrogen-bond donors (Lipinski definition) is 0. The second-order valence-electron chi connectivity index (χ2n) is 5.75. The smallest absolute Gasteiger partial charge is 0.254 e. The van der Waals surface area contributed by atoms with Crippen LogP contribution in [0, 0.1) is 0 Å². The van der Waals surface area contributed by atoms with E-state index in [0.29, 0.717) is 12.5 Å². The van der Waals surface area contributed by atoms with Crippen LogP contribution in [-0.2, 0) is 4.79 Å². The summed E-state index contributed by atoms with van der Waals surface area (Å²) < 4.78 is 1.69. The minimum absolute atomic E-state index is 0.0434. The number of amides is 1. The first-order chi connectivity index (χ1) is 10.2. The van der Waals surface area contributed by atoms with Crippen molar-refractivity contribution >= 4 is 17.7 Å². The van der Waals surface area contributed by atoms with E-state index in [1.165, 1.54) is 12.5 Å². The standard InChI is InChI=1S/C15H21N3O2S/c1-2-11-5-3-4-8-17(11)14(20)9-12-10-21-15-16-7-6-13(19)18(12)15/h6-7,11-12H,2-5,8-10H2,1H3. The Morgan fingerprint density at radius 3 is 3.10 bits per heavy atom. The lowest BCUT2D eigenvalue weighted by Crippen LogP contribution is -2.44. The molecule has 1 amide bonds. The first kappa shape index (κ1) is 14.6. The van der Waals surface area contributed by atoms with Crippen LogP contribution in [0.4, 0.5) is 0 Å². The van der Waals surface area contributed by atoms with Crippen molar-refractivity contribution in [2.45, 2.75) is 56.3 Å². The summed E-state index contributed by atoms with van der Waals surface area (Å²) in [6.07, 6.45) is 6.40. The molecule has 3 heterocycles. The molecule has 2 aliphatic rings. The van der Waals surface area contributed by atoms with Gasteiger partial charge in [-0.25, -0.2) is 4.98 Å². The van der Waals surface area contributed by atoms with Crippen molar-refractivity contribution in [1.29, 1.82) is 0 Å². The molecule has 2 aliphatic heterocycles. The average molecular weight is 307 g/mol. The second-order valence-corrected chi connectivity index (χ2v) is 6.74. The molecule has 1 aromatic rings. The monoisotopic (exact) mass is 307 g/mol. The Kier molecular flexibility index (Phi) is 4.33. The van der Waals surface area contributed by atoms with E-state index >= 15 is 0 Å². The Bertz CT molecular complexity index is 587. The van der Waals surface area contributed by atoms with E-state index in [-0.39, 0.29) is 17.5 Å². The van der Waals surface area contributed by atoms with Crippen LogP contribution in [0.15, 0.2) is 22.2 Å². The fourth-order valence-electron chi connectivity index (χ4n) is 3.31. The first-order valence-corrected chi connectivity index (χ1v) is 8.69. The van der Waals surface area contributed by atoms with E-state index < -0.39 is 0 Å². The minimum atomic E-state index is -0.0477. The van der Waals surface area contributed by atoms with Gasteiger partial charge in [0.25, 0.3) is 5.56 Å². The highest BCUT2D eigenvalue weighted by Crippen LogP contribution is 2.32. The maximum Gasteiger partial charge on any atom is 0.254 e. The number of aromatic nitrogens is 2. The maximum absolute atomic E-state index is 12.6. The van der Waals surface area contributed by atoms with Crippen LogP contribution in [0.2, 0.25) is 0 Å². The molecule has 0 bridgehead atoms. The Hall–Kier alpha value is -1.30. The SMILES string of the molecule is CCC1CCCCN1C(=O)CC1CSc2nccc(=O)n21. The number of thioether (sulfide) groups is 1. The van der Waals surface area contributed by atoms with Gasteiger partial charge in [0, 0.05) is 37.0 Å². The summed E-state index contributed by atoms with van der Waals surface area (Å²) in [5, 5.41) is 0.742. The molecule has 0 aliphatic carbocycles. The van der Waals surface area contributed by atoms with Crippen molar-refractivity contribution in [2.75, 3.05) is 12.3 Å². The van der Waals surface area contributed by atoms with E-state index in [2.05, 4.69) is 11.9 Å². The zero-order chi connectivity index (χ0) is 14.8. The fourth-order valence-corrected chi connectivity index (χ4v) is 4.43. The van der Waals surface area contributed by atoms with Crippen LogP contribution in [0.1, 0.15) is 45.1 Å². The van der Waals surface area contributed by atoms with Gasteiger partial charge in [-0.2, -0.15) is 0 Å². The predicted molar refractivity (Wildman–Crippen MR) is 82.5 cm³/mol. The van der Waals surface area contributed by atoms with Gasteiger partial charge in [-0.1, -0.05) is 18.7 Å². The predicted octanol–water partition coefficient (Wildman–Crippen LogP) is 2.07. The molecule has 0 aromatic carbocycles. The van der Waals surface area contributed by atoms with Crippen molar-refractivity contribution < 1.29 is 4.79 Å². The van der Waals surface area contributed by atoms with Crippen LogP contribution in [0.5, 0.6) is 0 Å². The highest BCUT2D eigenvalue weighted by Gasteiger charge is 2.31. The number of carbonyl (C=O) groups excluding carboxylic acids is 1. The molecular formula is C15H21N3O2S. The molecular weight excluding hydrogens is 286 g/mol. The first-order valence-electron chi connectivity index (χ1n) is 7.70. The number of piperidine rings is 1. The average Bonchev–Trinajstić information content (AvgIpc) is 2.91. The summed E-state index contributed by atoms with van der Waals surface area (Å²) in [5.41, 5.74) is -0.0477. The number of hydrogen-bond acceptors (Lipinski definition) is 4. The second kappa shape index (κ2) is 6.22. The number of carbonyl (C=O) groups is 1. The molecule has 5 nitrogen and oxygen atoms in total. The Balaban J connectivity index is 1.73. The summed E-state index contributed by atoms with van der Waals surface area (Å²) in [7, 11) is 0. The molecule has 2 atom stereocenters. The summed E-state index contributed by atoms with van der Waals surface area (Å²) >= 11 is 1.57. The van der Waals surface area contributed by atoms with Crippen LogP contribution in [0.25, 0.3) is 0 Å². The molecule has 114 valence electrons. The van der Waals surface area contributed by atoms with Crippen LogP contribution < -0.4 is 5.56 Å². The highest BCUT2D eigenvalue weighted by molar-refractivity contribution is 7.99.